The van der Waals surface area contributed by atoms with Crippen LogP contribution in [-0.2, 0) is 19.1 Å². The van der Waals surface area contributed by atoms with Crippen molar-refractivity contribution >= 4 is 23.4 Å². The van der Waals surface area contributed by atoms with Crippen molar-refractivity contribution in [3.8, 4) is 0 Å². The Morgan fingerprint density at radius 3 is 2.18 bits per heavy atom. The van der Waals surface area contributed by atoms with Crippen LogP contribution in [0.3, 0.4) is 0 Å². The third-order valence-corrected chi connectivity index (χ3v) is 6.87. The normalized spacial score (nSPS) is 14.3. The van der Waals surface area contributed by atoms with Gasteiger partial charge in [-0.15, -0.1) is 0 Å². The van der Waals surface area contributed by atoms with Gasteiger partial charge in [0.05, 0.1) is 23.4 Å². The second-order valence-electron chi connectivity index (χ2n) is 9.47. The molecule has 11 heteroatoms. The van der Waals surface area contributed by atoms with Gasteiger partial charge in [0.2, 0.25) is 0 Å². The molecule has 3 amide bonds. The zero-order chi connectivity index (χ0) is 28.2. The second-order valence-corrected chi connectivity index (χ2v) is 9.47. The highest BCUT2D eigenvalue weighted by Gasteiger charge is 2.30. The van der Waals surface area contributed by atoms with Crippen molar-refractivity contribution in [1.29, 1.82) is 0 Å². The molecule has 39 heavy (non-hydrogen) atoms. The number of alkyl halides is 3. The lowest BCUT2D eigenvalue weighted by Crippen LogP contribution is -2.51. The zero-order valence-electron chi connectivity index (χ0n) is 21.5. The summed E-state index contributed by atoms with van der Waals surface area (Å²) in [7, 11) is 0. The molecule has 2 heterocycles. The van der Waals surface area contributed by atoms with E-state index in [0.717, 1.165) is 17.7 Å². The predicted molar refractivity (Wildman–Crippen MR) is 141 cm³/mol. The van der Waals surface area contributed by atoms with Gasteiger partial charge in [-0.25, -0.2) is 4.79 Å². The fourth-order valence-electron chi connectivity index (χ4n) is 4.64. The smallest absolute Gasteiger partial charge is 0.366 e. The second kappa shape index (κ2) is 11.7. The van der Waals surface area contributed by atoms with Crippen LogP contribution in [0, 0.1) is 6.92 Å². The molecule has 2 aromatic carbocycles. The van der Waals surface area contributed by atoms with Crippen LogP contribution in [0.1, 0.15) is 37.7 Å². The van der Waals surface area contributed by atoms with E-state index in [4.69, 9.17) is 5.73 Å². The van der Waals surface area contributed by atoms with Crippen LogP contribution in [-0.4, -0.2) is 64.8 Å². The first-order chi connectivity index (χ1) is 18.5. The highest BCUT2D eigenvalue weighted by molar-refractivity contribution is 6.01. The number of hydrogen-bond acceptors (Lipinski definition) is 4. The standard InChI is InChI=1S/C28H30F3N5O3/c1-19-23(26(32)38)17-24(36(19)12-11-20-5-3-2-4-6-20)25(37)18-34-13-15-35(16-14-34)27(39)33-22-9-7-21(8-10-22)28(29,30)31/h2-10,17H,11-16,18H2,1H3,(H2,32,38)(H,33,39). The van der Waals surface area contributed by atoms with Gasteiger partial charge in [0.15, 0.2) is 5.78 Å². The Labute approximate surface area is 224 Å². The largest absolute Gasteiger partial charge is 0.416 e. The Morgan fingerprint density at radius 1 is 0.949 bits per heavy atom. The Kier molecular flexibility index (Phi) is 8.39. The maximum atomic E-state index is 13.3. The number of rotatable bonds is 8. The Hall–Kier alpha value is -4.12. The number of nitrogens with two attached hydrogens (primary N) is 1. The number of carbonyl (C=O) groups is 3. The molecule has 0 aliphatic carbocycles. The first kappa shape index (κ1) is 27.9. The van der Waals surface area contributed by atoms with E-state index < -0.39 is 23.7 Å². The van der Waals surface area contributed by atoms with Crippen LogP contribution in [0.15, 0.2) is 60.7 Å². The third kappa shape index (κ3) is 6.85. The molecule has 0 unspecified atom stereocenters. The van der Waals surface area contributed by atoms with Gasteiger partial charge in [0.25, 0.3) is 5.91 Å². The number of nitrogens with one attached hydrogen (secondary N) is 1. The molecule has 1 aliphatic heterocycles. The number of carbonyl (C=O) groups excluding carboxylic acids is 3. The Morgan fingerprint density at radius 2 is 1.59 bits per heavy atom. The minimum atomic E-state index is -4.44. The monoisotopic (exact) mass is 541 g/mol. The summed E-state index contributed by atoms with van der Waals surface area (Å²) in [6.07, 6.45) is -3.76. The summed E-state index contributed by atoms with van der Waals surface area (Å²) in [5.41, 5.74) is 7.51. The quantitative estimate of drug-likeness (QED) is 0.418. The van der Waals surface area contributed by atoms with E-state index in [9.17, 15) is 27.6 Å². The molecular weight excluding hydrogens is 511 g/mol. The van der Waals surface area contributed by atoms with Crippen molar-refractivity contribution in [3.63, 3.8) is 0 Å². The van der Waals surface area contributed by atoms with Gasteiger partial charge < -0.3 is 20.5 Å². The van der Waals surface area contributed by atoms with E-state index >= 15 is 0 Å². The number of ketones is 1. The van der Waals surface area contributed by atoms with Crippen LogP contribution in [0.5, 0.6) is 0 Å². The summed E-state index contributed by atoms with van der Waals surface area (Å²) in [4.78, 5) is 41.3. The number of hydrogen-bond donors (Lipinski definition) is 2. The molecule has 8 nitrogen and oxygen atoms in total. The average molecular weight is 542 g/mol. The van der Waals surface area contributed by atoms with Crippen LogP contribution in [0.4, 0.5) is 23.7 Å². The summed E-state index contributed by atoms with van der Waals surface area (Å²) in [6, 6.07) is 15.2. The minimum Gasteiger partial charge on any atom is -0.366 e. The van der Waals surface area contributed by atoms with Gasteiger partial charge >= 0.3 is 12.2 Å². The highest BCUT2D eigenvalue weighted by Crippen LogP contribution is 2.30. The Balaban J connectivity index is 1.35. The van der Waals surface area contributed by atoms with Gasteiger partial charge in [-0.1, -0.05) is 30.3 Å². The van der Waals surface area contributed by atoms with Gasteiger partial charge in [0.1, 0.15) is 0 Å². The van der Waals surface area contributed by atoms with Crippen molar-refractivity contribution in [2.24, 2.45) is 5.73 Å². The fraction of sp³-hybridized carbons (Fsp3) is 0.321. The molecule has 0 spiro atoms. The molecule has 0 atom stereocenters. The molecule has 0 saturated carbocycles. The SMILES string of the molecule is Cc1c(C(N)=O)cc(C(=O)CN2CCN(C(=O)Nc3ccc(C(F)(F)F)cc3)CC2)n1CCc1ccccc1. The maximum absolute atomic E-state index is 13.3. The maximum Gasteiger partial charge on any atom is 0.416 e. The minimum absolute atomic E-state index is 0.112. The number of urea groups is 1. The molecule has 1 aliphatic rings. The number of nitrogens with zero attached hydrogens (tertiary/aromatic N) is 3. The van der Waals surface area contributed by atoms with Crippen molar-refractivity contribution in [1.82, 2.24) is 14.4 Å². The zero-order valence-corrected chi connectivity index (χ0v) is 21.5. The lowest BCUT2D eigenvalue weighted by molar-refractivity contribution is -0.137. The number of halogens is 3. The third-order valence-electron chi connectivity index (χ3n) is 6.87. The summed E-state index contributed by atoms with van der Waals surface area (Å²) in [5, 5.41) is 2.61. The number of aryl methyl sites for hydroxylation is 1. The summed E-state index contributed by atoms with van der Waals surface area (Å²) in [5.74, 6) is -0.742. The van der Waals surface area contributed by atoms with Crippen molar-refractivity contribution in [2.45, 2.75) is 26.1 Å². The van der Waals surface area contributed by atoms with E-state index in [0.29, 0.717) is 56.1 Å². The van der Waals surface area contributed by atoms with Gasteiger partial charge in [0, 0.05) is 44.1 Å². The van der Waals surface area contributed by atoms with E-state index in [-0.39, 0.29) is 18.0 Å². The molecule has 4 rings (SSSR count). The average Bonchev–Trinajstić information content (AvgIpc) is 3.24. The van der Waals surface area contributed by atoms with Gasteiger partial charge in [-0.05, 0) is 49.2 Å². The number of benzene rings is 2. The first-order valence-electron chi connectivity index (χ1n) is 12.6. The molecule has 0 radical (unpaired) electrons. The van der Waals surface area contributed by atoms with Gasteiger partial charge in [-0.2, -0.15) is 13.2 Å². The van der Waals surface area contributed by atoms with Crippen LogP contribution >= 0.6 is 0 Å². The molecule has 1 saturated heterocycles. The van der Waals surface area contributed by atoms with Crippen molar-refractivity contribution in [2.75, 3.05) is 38.0 Å². The Bertz CT molecular complexity index is 1330. The molecule has 206 valence electrons. The number of amides is 3. The van der Waals surface area contributed by atoms with Crippen molar-refractivity contribution in [3.05, 3.63) is 88.7 Å². The number of primary amides is 1. The van der Waals surface area contributed by atoms with E-state index in [1.807, 2.05) is 39.8 Å². The first-order valence-corrected chi connectivity index (χ1v) is 12.6. The van der Waals surface area contributed by atoms with Crippen molar-refractivity contribution < 1.29 is 27.6 Å². The summed E-state index contributed by atoms with van der Waals surface area (Å²) < 4.78 is 40.1. The van der Waals surface area contributed by atoms with E-state index in [2.05, 4.69) is 5.32 Å². The predicted octanol–water partition coefficient (Wildman–Crippen LogP) is 4.19. The van der Waals surface area contributed by atoms with Crippen LogP contribution in [0.25, 0.3) is 0 Å². The molecule has 3 N–H and O–H groups in total. The fourth-order valence-corrected chi connectivity index (χ4v) is 4.64. The number of piperazine rings is 1. The molecule has 3 aromatic rings. The summed E-state index contributed by atoms with van der Waals surface area (Å²) in [6.45, 7) is 3.98. The topological polar surface area (TPSA) is 101 Å². The highest BCUT2D eigenvalue weighted by atomic mass is 19.4. The van der Waals surface area contributed by atoms with Crippen LogP contribution in [0.2, 0.25) is 0 Å². The number of aromatic nitrogens is 1. The molecule has 1 aromatic heterocycles. The lowest BCUT2D eigenvalue weighted by atomic mass is 10.1. The molecule has 0 bridgehead atoms. The molecular formula is C28H30F3N5O3. The number of Topliss-reactive ketones (excluding diaryl/α,β-unsaturated/α-hetero) is 1. The van der Waals surface area contributed by atoms with Crippen LogP contribution < -0.4 is 11.1 Å². The van der Waals surface area contributed by atoms with E-state index in [1.165, 1.54) is 12.1 Å². The molecule has 1 fully saturated rings. The summed E-state index contributed by atoms with van der Waals surface area (Å²) >= 11 is 0. The van der Waals surface area contributed by atoms with E-state index in [1.54, 1.807) is 17.9 Å². The lowest BCUT2D eigenvalue weighted by Gasteiger charge is -2.34. The number of anilines is 1. The van der Waals surface area contributed by atoms with Gasteiger partial charge in [-0.3, -0.25) is 14.5 Å².